The molecule has 0 saturated carbocycles. The van der Waals surface area contributed by atoms with E-state index in [1.54, 1.807) is 0 Å². The SMILES string of the molecule is CCC(C)NC(=O)CN1CCN(c2cccc(Cl)c2)CC1. The molecule has 1 N–H and O–H groups in total. The van der Waals surface area contributed by atoms with Crippen LogP contribution in [0.3, 0.4) is 0 Å². The van der Waals surface area contributed by atoms with Gasteiger partial charge in [0.25, 0.3) is 0 Å². The lowest BCUT2D eigenvalue weighted by atomic mass is 10.2. The second-order valence-corrected chi connectivity index (χ2v) is 6.06. The average molecular weight is 310 g/mol. The van der Waals surface area contributed by atoms with Crippen LogP contribution in [0.25, 0.3) is 0 Å². The van der Waals surface area contributed by atoms with E-state index in [0.717, 1.165) is 43.3 Å². The van der Waals surface area contributed by atoms with Gasteiger partial charge >= 0.3 is 0 Å². The summed E-state index contributed by atoms with van der Waals surface area (Å²) in [6, 6.07) is 8.19. The van der Waals surface area contributed by atoms with Crippen molar-refractivity contribution in [1.82, 2.24) is 10.2 Å². The van der Waals surface area contributed by atoms with E-state index in [1.807, 2.05) is 25.1 Å². The van der Waals surface area contributed by atoms with Crippen LogP contribution < -0.4 is 10.2 Å². The number of carbonyl (C=O) groups excluding carboxylic acids is 1. The van der Waals surface area contributed by atoms with Gasteiger partial charge in [-0.25, -0.2) is 0 Å². The molecule has 1 aliphatic heterocycles. The van der Waals surface area contributed by atoms with Crippen LogP contribution in [0.4, 0.5) is 5.69 Å². The zero-order valence-electron chi connectivity index (χ0n) is 12.8. The van der Waals surface area contributed by atoms with Crippen molar-refractivity contribution in [3.63, 3.8) is 0 Å². The normalized spacial score (nSPS) is 17.6. The number of nitrogens with zero attached hydrogens (tertiary/aromatic N) is 2. The van der Waals surface area contributed by atoms with Gasteiger partial charge in [-0.05, 0) is 31.5 Å². The summed E-state index contributed by atoms with van der Waals surface area (Å²) in [5.74, 6) is 0.126. The molecule has 1 atom stereocenters. The van der Waals surface area contributed by atoms with Crippen LogP contribution in [0.1, 0.15) is 20.3 Å². The predicted molar refractivity (Wildman–Crippen MR) is 88.0 cm³/mol. The summed E-state index contributed by atoms with van der Waals surface area (Å²) in [5, 5.41) is 3.78. The van der Waals surface area contributed by atoms with Crippen LogP contribution in [0.15, 0.2) is 24.3 Å². The summed E-state index contributed by atoms with van der Waals surface area (Å²) in [6.45, 7) is 8.27. The molecule has 0 bridgehead atoms. The number of anilines is 1. The summed E-state index contributed by atoms with van der Waals surface area (Å²) >= 11 is 6.03. The molecule has 1 heterocycles. The lowest BCUT2D eigenvalue weighted by Crippen LogP contribution is -2.50. The number of carbonyl (C=O) groups is 1. The second-order valence-electron chi connectivity index (χ2n) is 5.62. The molecule has 1 aromatic rings. The smallest absolute Gasteiger partial charge is 0.234 e. The van der Waals surface area contributed by atoms with E-state index in [9.17, 15) is 4.79 Å². The van der Waals surface area contributed by atoms with Gasteiger partial charge in [-0.2, -0.15) is 0 Å². The molecule has 1 amide bonds. The minimum atomic E-state index is 0.126. The van der Waals surface area contributed by atoms with E-state index in [4.69, 9.17) is 11.6 Å². The molecule has 116 valence electrons. The Bertz CT molecular complexity index is 472. The van der Waals surface area contributed by atoms with E-state index in [2.05, 4.69) is 28.1 Å². The van der Waals surface area contributed by atoms with E-state index in [1.165, 1.54) is 0 Å². The van der Waals surface area contributed by atoms with Gasteiger partial charge in [0.2, 0.25) is 5.91 Å². The molecule has 4 nitrogen and oxygen atoms in total. The molecule has 0 spiro atoms. The Kier molecular flexibility index (Phi) is 5.88. The van der Waals surface area contributed by atoms with Crippen molar-refractivity contribution in [1.29, 1.82) is 0 Å². The zero-order chi connectivity index (χ0) is 15.2. The Hall–Kier alpha value is -1.26. The second kappa shape index (κ2) is 7.66. The van der Waals surface area contributed by atoms with Gasteiger partial charge in [0.15, 0.2) is 0 Å². The van der Waals surface area contributed by atoms with Crippen LogP contribution in [0.5, 0.6) is 0 Å². The number of halogens is 1. The molecule has 0 aromatic heterocycles. The number of hydrogen-bond acceptors (Lipinski definition) is 3. The first-order valence-corrected chi connectivity index (χ1v) is 7.98. The summed E-state index contributed by atoms with van der Waals surface area (Å²) in [5.41, 5.74) is 1.16. The largest absolute Gasteiger partial charge is 0.369 e. The third-order valence-electron chi connectivity index (χ3n) is 3.93. The molecule has 0 radical (unpaired) electrons. The number of rotatable bonds is 5. The van der Waals surface area contributed by atoms with Gasteiger partial charge in [-0.3, -0.25) is 9.69 Å². The maximum absolute atomic E-state index is 11.9. The van der Waals surface area contributed by atoms with Crippen molar-refractivity contribution in [2.24, 2.45) is 0 Å². The monoisotopic (exact) mass is 309 g/mol. The van der Waals surface area contributed by atoms with Crippen molar-refractivity contribution in [2.75, 3.05) is 37.6 Å². The third kappa shape index (κ3) is 4.90. The number of piperazine rings is 1. The van der Waals surface area contributed by atoms with Crippen LogP contribution in [0, 0.1) is 0 Å². The Labute approximate surface area is 132 Å². The first-order chi connectivity index (χ1) is 10.1. The van der Waals surface area contributed by atoms with Gasteiger partial charge in [-0.1, -0.05) is 24.6 Å². The average Bonchev–Trinajstić information content (AvgIpc) is 2.47. The van der Waals surface area contributed by atoms with Crippen LogP contribution >= 0.6 is 11.6 Å². The number of benzene rings is 1. The van der Waals surface area contributed by atoms with E-state index < -0.39 is 0 Å². The molecule has 2 rings (SSSR count). The Balaban J connectivity index is 1.79. The summed E-state index contributed by atoms with van der Waals surface area (Å²) in [6.07, 6.45) is 0.967. The minimum absolute atomic E-state index is 0.126. The lowest BCUT2D eigenvalue weighted by molar-refractivity contribution is -0.122. The highest BCUT2D eigenvalue weighted by Crippen LogP contribution is 2.20. The quantitative estimate of drug-likeness (QED) is 0.907. The molecule has 21 heavy (non-hydrogen) atoms. The highest BCUT2D eigenvalue weighted by molar-refractivity contribution is 6.30. The molecular weight excluding hydrogens is 286 g/mol. The van der Waals surface area contributed by atoms with Crippen molar-refractivity contribution < 1.29 is 4.79 Å². The predicted octanol–water partition coefficient (Wildman–Crippen LogP) is 2.38. The molecule has 0 aliphatic carbocycles. The highest BCUT2D eigenvalue weighted by atomic mass is 35.5. The number of hydrogen-bond donors (Lipinski definition) is 1. The molecule has 1 aromatic carbocycles. The maximum atomic E-state index is 11.9. The maximum Gasteiger partial charge on any atom is 0.234 e. The van der Waals surface area contributed by atoms with E-state index in [-0.39, 0.29) is 11.9 Å². The van der Waals surface area contributed by atoms with Gasteiger partial charge < -0.3 is 10.2 Å². The van der Waals surface area contributed by atoms with E-state index >= 15 is 0 Å². The molecular formula is C16H24ClN3O. The number of nitrogens with one attached hydrogen (secondary N) is 1. The fraction of sp³-hybridized carbons (Fsp3) is 0.562. The fourth-order valence-corrected chi connectivity index (χ4v) is 2.65. The zero-order valence-corrected chi connectivity index (χ0v) is 13.6. The Morgan fingerprint density at radius 2 is 2.05 bits per heavy atom. The van der Waals surface area contributed by atoms with Crippen molar-refractivity contribution >= 4 is 23.2 Å². The van der Waals surface area contributed by atoms with Crippen LogP contribution in [0.2, 0.25) is 5.02 Å². The minimum Gasteiger partial charge on any atom is -0.369 e. The Morgan fingerprint density at radius 3 is 2.67 bits per heavy atom. The topological polar surface area (TPSA) is 35.6 Å². The first kappa shape index (κ1) is 16.1. The summed E-state index contributed by atoms with van der Waals surface area (Å²) in [7, 11) is 0. The third-order valence-corrected chi connectivity index (χ3v) is 4.17. The van der Waals surface area contributed by atoms with Gasteiger partial charge in [0, 0.05) is 42.9 Å². The molecule has 1 unspecified atom stereocenters. The number of amides is 1. The van der Waals surface area contributed by atoms with Gasteiger partial charge in [-0.15, -0.1) is 0 Å². The fourth-order valence-electron chi connectivity index (χ4n) is 2.46. The van der Waals surface area contributed by atoms with Gasteiger partial charge in [0.05, 0.1) is 6.54 Å². The molecule has 1 fully saturated rings. The molecule has 5 heteroatoms. The molecule has 1 saturated heterocycles. The summed E-state index contributed by atoms with van der Waals surface area (Å²) in [4.78, 5) is 16.4. The Morgan fingerprint density at radius 1 is 1.33 bits per heavy atom. The molecule has 1 aliphatic rings. The van der Waals surface area contributed by atoms with Crippen LogP contribution in [-0.4, -0.2) is 49.6 Å². The van der Waals surface area contributed by atoms with Crippen molar-refractivity contribution in [3.8, 4) is 0 Å². The van der Waals surface area contributed by atoms with Gasteiger partial charge in [0.1, 0.15) is 0 Å². The first-order valence-electron chi connectivity index (χ1n) is 7.60. The van der Waals surface area contributed by atoms with E-state index in [0.29, 0.717) is 6.54 Å². The standard InChI is InChI=1S/C16H24ClN3O/c1-3-13(2)18-16(21)12-19-7-9-20(10-8-19)15-6-4-5-14(17)11-15/h4-6,11,13H,3,7-10,12H2,1-2H3,(H,18,21). The van der Waals surface area contributed by atoms with Crippen molar-refractivity contribution in [3.05, 3.63) is 29.3 Å². The highest BCUT2D eigenvalue weighted by Gasteiger charge is 2.19. The lowest BCUT2D eigenvalue weighted by Gasteiger charge is -2.35. The van der Waals surface area contributed by atoms with Crippen molar-refractivity contribution in [2.45, 2.75) is 26.3 Å². The summed E-state index contributed by atoms with van der Waals surface area (Å²) < 4.78 is 0. The van der Waals surface area contributed by atoms with Crippen LogP contribution in [-0.2, 0) is 4.79 Å².